The summed E-state index contributed by atoms with van der Waals surface area (Å²) in [5.41, 5.74) is 5.74. The molecule has 4 N–H and O–H groups in total. The molecule has 0 radical (unpaired) electrons. The molecule has 0 aromatic heterocycles. The smallest absolute Gasteiger partial charge is 0.266 e. The van der Waals surface area contributed by atoms with E-state index in [9.17, 15) is 10.1 Å². The van der Waals surface area contributed by atoms with Crippen molar-refractivity contribution >= 4 is 5.91 Å². The van der Waals surface area contributed by atoms with Crippen molar-refractivity contribution in [3.05, 3.63) is 11.8 Å². The van der Waals surface area contributed by atoms with E-state index in [1.807, 2.05) is 6.07 Å². The lowest BCUT2D eigenvalue weighted by molar-refractivity contribution is -0.128. The van der Waals surface area contributed by atoms with Crippen molar-refractivity contribution in [3.63, 3.8) is 0 Å². The Morgan fingerprint density at radius 2 is 1.79 bits per heavy atom. The van der Waals surface area contributed by atoms with Crippen molar-refractivity contribution < 1.29 is 4.79 Å². The van der Waals surface area contributed by atoms with Gasteiger partial charge in [-0.05, 0) is 0 Å². The molecule has 0 atom stereocenters. The summed E-state index contributed by atoms with van der Waals surface area (Å²) >= 11 is 0. The number of nitrogens with one attached hydrogen (secondary N) is 2. The molecule has 2 aliphatic heterocycles. The van der Waals surface area contributed by atoms with Gasteiger partial charge in [0.25, 0.3) is 5.91 Å². The molecule has 24 heavy (non-hydrogen) atoms. The van der Waals surface area contributed by atoms with Crippen LogP contribution < -0.4 is 16.4 Å². The van der Waals surface area contributed by atoms with E-state index in [2.05, 4.69) is 20.4 Å². The summed E-state index contributed by atoms with van der Waals surface area (Å²) in [4.78, 5) is 18.8. The minimum absolute atomic E-state index is 0.181. The number of carbonyl (C=O) groups is 1. The summed E-state index contributed by atoms with van der Waals surface area (Å²) in [6.07, 6.45) is 1.57. The summed E-state index contributed by atoms with van der Waals surface area (Å²) in [6, 6.07) is 2.02. The number of rotatable bonds is 7. The van der Waals surface area contributed by atoms with Crippen LogP contribution in [0.4, 0.5) is 0 Å². The van der Waals surface area contributed by atoms with Crippen LogP contribution in [0.15, 0.2) is 11.8 Å². The maximum atomic E-state index is 12.4. The maximum absolute atomic E-state index is 12.4. The number of carbonyl (C=O) groups excluding carboxylic acids is 1. The minimum Gasteiger partial charge on any atom is -0.388 e. The summed E-state index contributed by atoms with van der Waals surface area (Å²) in [7, 11) is 0. The van der Waals surface area contributed by atoms with Gasteiger partial charge in [0.1, 0.15) is 11.6 Å². The molecule has 0 aliphatic carbocycles. The van der Waals surface area contributed by atoms with Crippen molar-refractivity contribution in [2.75, 3.05) is 78.5 Å². The lowest BCUT2D eigenvalue weighted by Crippen LogP contribution is -2.50. The van der Waals surface area contributed by atoms with E-state index in [0.29, 0.717) is 19.6 Å². The van der Waals surface area contributed by atoms with Gasteiger partial charge in [-0.1, -0.05) is 0 Å². The van der Waals surface area contributed by atoms with E-state index in [4.69, 9.17) is 5.73 Å². The van der Waals surface area contributed by atoms with Gasteiger partial charge in [-0.25, -0.2) is 0 Å². The second kappa shape index (κ2) is 10.3. The zero-order valence-corrected chi connectivity index (χ0v) is 14.3. The molecule has 2 fully saturated rings. The van der Waals surface area contributed by atoms with Crippen molar-refractivity contribution in [2.24, 2.45) is 5.73 Å². The molecule has 0 bridgehead atoms. The van der Waals surface area contributed by atoms with Crippen LogP contribution in [0.1, 0.15) is 0 Å². The molecule has 2 aliphatic rings. The Morgan fingerprint density at radius 3 is 2.42 bits per heavy atom. The fourth-order valence-corrected chi connectivity index (χ4v) is 3.00. The van der Waals surface area contributed by atoms with E-state index >= 15 is 0 Å². The number of piperazine rings is 2. The second-order valence-electron chi connectivity index (χ2n) is 6.14. The predicted octanol–water partition coefficient (Wildman–Crippen LogP) is -2.01. The van der Waals surface area contributed by atoms with Crippen LogP contribution in [0.2, 0.25) is 0 Å². The lowest BCUT2D eigenvalue weighted by atomic mass is 10.2. The fraction of sp³-hybridized carbons (Fsp3) is 0.750. The van der Waals surface area contributed by atoms with Crippen LogP contribution in [0.5, 0.6) is 0 Å². The van der Waals surface area contributed by atoms with Gasteiger partial charge >= 0.3 is 0 Å². The molecule has 0 unspecified atom stereocenters. The Labute approximate surface area is 144 Å². The Hall–Kier alpha value is -1.66. The summed E-state index contributed by atoms with van der Waals surface area (Å²) in [6.45, 7) is 10.2. The van der Waals surface area contributed by atoms with Crippen LogP contribution in [-0.2, 0) is 4.79 Å². The first-order chi connectivity index (χ1) is 11.7. The van der Waals surface area contributed by atoms with Gasteiger partial charge in [-0.15, -0.1) is 0 Å². The number of hydrogen-bond acceptors (Lipinski definition) is 7. The molecule has 1 amide bonds. The van der Waals surface area contributed by atoms with Crippen LogP contribution in [0, 0.1) is 11.3 Å². The average molecular weight is 335 g/mol. The number of nitrogens with zero attached hydrogens (tertiary/aromatic N) is 4. The highest BCUT2D eigenvalue weighted by molar-refractivity contribution is 5.97. The molecular formula is C16H29N7O. The Kier molecular flexibility index (Phi) is 7.98. The molecule has 134 valence electrons. The van der Waals surface area contributed by atoms with E-state index in [1.54, 1.807) is 11.1 Å². The SMILES string of the molecule is N#C/C(=C/NCCN1CCNCC1)C(=O)N1CCN(CCN)CC1. The van der Waals surface area contributed by atoms with Gasteiger partial charge in [-0.2, -0.15) is 5.26 Å². The minimum atomic E-state index is -0.181. The molecule has 0 aromatic rings. The number of nitrogens with two attached hydrogens (primary N) is 1. The highest BCUT2D eigenvalue weighted by Crippen LogP contribution is 2.06. The zero-order chi connectivity index (χ0) is 17.2. The molecule has 2 rings (SSSR count). The van der Waals surface area contributed by atoms with E-state index in [1.165, 1.54) is 0 Å². The predicted molar refractivity (Wildman–Crippen MR) is 93.1 cm³/mol. The number of hydrogen-bond donors (Lipinski definition) is 3. The monoisotopic (exact) mass is 335 g/mol. The van der Waals surface area contributed by atoms with Crippen molar-refractivity contribution in [2.45, 2.75) is 0 Å². The second-order valence-corrected chi connectivity index (χ2v) is 6.14. The number of nitriles is 1. The molecule has 0 aromatic carbocycles. The number of amides is 1. The van der Waals surface area contributed by atoms with Crippen LogP contribution in [-0.4, -0.2) is 99.1 Å². The largest absolute Gasteiger partial charge is 0.388 e. The van der Waals surface area contributed by atoms with Gasteiger partial charge in [0.15, 0.2) is 0 Å². The first kappa shape index (κ1) is 18.7. The Balaban J connectivity index is 1.73. The third kappa shape index (κ3) is 5.76. The average Bonchev–Trinajstić information content (AvgIpc) is 2.63. The molecule has 8 heteroatoms. The van der Waals surface area contributed by atoms with Crippen molar-refractivity contribution in [1.82, 2.24) is 25.3 Å². The van der Waals surface area contributed by atoms with Crippen molar-refractivity contribution in [1.29, 1.82) is 5.26 Å². The quantitative estimate of drug-likeness (QED) is 0.281. The van der Waals surface area contributed by atoms with Gasteiger partial charge in [0, 0.05) is 84.7 Å². The van der Waals surface area contributed by atoms with Crippen LogP contribution >= 0.6 is 0 Å². The molecule has 8 nitrogen and oxygen atoms in total. The van der Waals surface area contributed by atoms with Gasteiger partial charge < -0.3 is 21.3 Å². The molecular weight excluding hydrogens is 306 g/mol. The van der Waals surface area contributed by atoms with E-state index < -0.39 is 0 Å². The summed E-state index contributed by atoms with van der Waals surface area (Å²) in [5, 5.41) is 15.7. The van der Waals surface area contributed by atoms with Crippen molar-refractivity contribution in [3.8, 4) is 6.07 Å². The lowest BCUT2D eigenvalue weighted by Gasteiger charge is -2.34. The van der Waals surface area contributed by atoms with E-state index in [-0.39, 0.29) is 11.5 Å². The Morgan fingerprint density at radius 1 is 1.12 bits per heavy atom. The summed E-state index contributed by atoms with van der Waals surface area (Å²) < 4.78 is 0. The van der Waals surface area contributed by atoms with Crippen LogP contribution in [0.25, 0.3) is 0 Å². The molecule has 2 heterocycles. The van der Waals surface area contributed by atoms with E-state index in [0.717, 1.165) is 58.9 Å². The third-order valence-corrected chi connectivity index (χ3v) is 4.48. The third-order valence-electron chi connectivity index (χ3n) is 4.48. The fourth-order valence-electron chi connectivity index (χ4n) is 3.00. The van der Waals surface area contributed by atoms with Gasteiger partial charge in [0.05, 0.1) is 0 Å². The highest BCUT2D eigenvalue weighted by atomic mass is 16.2. The standard InChI is InChI=1S/C16H29N7O/c17-1-5-21-9-11-23(12-10-21)16(24)15(13-18)14-20-4-8-22-6-2-19-3-7-22/h14,19-20H,1-12,17H2/b15-14-. The van der Waals surface area contributed by atoms with Crippen LogP contribution in [0.3, 0.4) is 0 Å². The van der Waals surface area contributed by atoms with Gasteiger partial charge in [-0.3, -0.25) is 14.6 Å². The molecule has 2 saturated heterocycles. The normalized spacial score (nSPS) is 20.7. The zero-order valence-electron chi connectivity index (χ0n) is 14.3. The first-order valence-electron chi connectivity index (χ1n) is 8.73. The first-order valence-corrected chi connectivity index (χ1v) is 8.73. The molecule has 0 saturated carbocycles. The maximum Gasteiger partial charge on any atom is 0.266 e. The molecule has 0 spiro atoms. The highest BCUT2D eigenvalue weighted by Gasteiger charge is 2.23. The Bertz CT molecular complexity index is 460. The topological polar surface area (TPSA) is 101 Å². The van der Waals surface area contributed by atoms with Gasteiger partial charge in [0.2, 0.25) is 0 Å². The summed E-state index contributed by atoms with van der Waals surface area (Å²) in [5.74, 6) is -0.181.